The van der Waals surface area contributed by atoms with Gasteiger partial charge in [0, 0.05) is 11.4 Å². The minimum Gasteiger partial charge on any atom is -0.491 e. The van der Waals surface area contributed by atoms with Crippen LogP contribution < -0.4 is 20.1 Å². The van der Waals surface area contributed by atoms with Crippen molar-refractivity contribution < 1.29 is 19.0 Å². The number of aliphatic hydroxyl groups is 1. The first-order valence-corrected chi connectivity index (χ1v) is 9.20. The quantitative estimate of drug-likeness (QED) is 0.496. The molecule has 7 nitrogen and oxygen atoms in total. The number of nitrogens with zero attached hydrogens (tertiary/aromatic N) is 2. The number of rotatable bonds is 9. The van der Waals surface area contributed by atoms with Crippen molar-refractivity contribution in [2.24, 2.45) is 0 Å². The first kappa shape index (κ1) is 20.3. The average molecular weight is 398 g/mol. The minimum atomic E-state index is -0.564. The van der Waals surface area contributed by atoms with E-state index in [2.05, 4.69) is 20.6 Å². The highest BCUT2D eigenvalue weighted by Crippen LogP contribution is 2.23. The Balaban J connectivity index is 1.67. The van der Waals surface area contributed by atoms with E-state index in [-0.39, 0.29) is 31.1 Å². The van der Waals surface area contributed by atoms with Crippen LogP contribution >= 0.6 is 0 Å². The van der Waals surface area contributed by atoms with Crippen molar-refractivity contribution >= 4 is 23.1 Å². The number of aromatic nitrogens is 2. The van der Waals surface area contributed by atoms with Crippen LogP contribution in [0.15, 0.2) is 54.7 Å². The summed E-state index contributed by atoms with van der Waals surface area (Å²) in [6.07, 6.45) is 1.18. The molecule has 152 valence electrons. The van der Waals surface area contributed by atoms with Crippen LogP contribution in [0.2, 0.25) is 0 Å². The summed E-state index contributed by atoms with van der Waals surface area (Å²) in [7, 11) is 0. The zero-order valence-electron chi connectivity index (χ0n) is 16.2. The summed E-state index contributed by atoms with van der Waals surface area (Å²) in [6, 6.07) is 14.2. The SMILES string of the molecule is CC(C)Oc1ccc(Nc2nc(Nc3ccc(OCCO)cc3)ncc2F)cc1. The summed E-state index contributed by atoms with van der Waals surface area (Å²) in [5.41, 5.74) is 1.39. The molecule has 2 aromatic carbocycles. The third kappa shape index (κ3) is 6.05. The molecule has 0 spiro atoms. The number of halogens is 1. The lowest BCUT2D eigenvalue weighted by molar-refractivity contribution is 0.201. The molecule has 0 fully saturated rings. The van der Waals surface area contributed by atoms with Gasteiger partial charge in [-0.1, -0.05) is 0 Å². The van der Waals surface area contributed by atoms with Crippen LogP contribution in [0.5, 0.6) is 11.5 Å². The number of nitrogens with one attached hydrogen (secondary N) is 2. The Morgan fingerprint density at radius 1 is 0.966 bits per heavy atom. The van der Waals surface area contributed by atoms with Crippen LogP contribution in [0.3, 0.4) is 0 Å². The third-order valence-corrected chi connectivity index (χ3v) is 3.70. The molecule has 0 radical (unpaired) electrons. The lowest BCUT2D eigenvalue weighted by Crippen LogP contribution is -2.06. The Bertz CT molecular complexity index is 918. The van der Waals surface area contributed by atoms with Gasteiger partial charge in [0.05, 0.1) is 18.9 Å². The largest absolute Gasteiger partial charge is 0.491 e. The molecule has 0 saturated heterocycles. The Morgan fingerprint density at radius 2 is 1.59 bits per heavy atom. The summed E-state index contributed by atoms with van der Waals surface area (Å²) in [6.45, 7) is 4.08. The Kier molecular flexibility index (Phi) is 6.80. The molecule has 29 heavy (non-hydrogen) atoms. The number of aliphatic hydroxyl groups excluding tert-OH is 1. The summed E-state index contributed by atoms with van der Waals surface area (Å²) in [5.74, 6) is 1.12. The molecule has 0 bridgehead atoms. The molecule has 1 aromatic heterocycles. The summed E-state index contributed by atoms with van der Waals surface area (Å²) in [4.78, 5) is 8.17. The maximum Gasteiger partial charge on any atom is 0.229 e. The Labute approximate surface area is 168 Å². The van der Waals surface area contributed by atoms with Crippen LogP contribution in [0, 0.1) is 5.82 Å². The monoisotopic (exact) mass is 398 g/mol. The molecule has 3 aromatic rings. The van der Waals surface area contributed by atoms with Crippen molar-refractivity contribution in [2.75, 3.05) is 23.8 Å². The highest BCUT2D eigenvalue weighted by Gasteiger charge is 2.08. The van der Waals surface area contributed by atoms with Gasteiger partial charge in [0.25, 0.3) is 0 Å². The van der Waals surface area contributed by atoms with Gasteiger partial charge in [-0.15, -0.1) is 0 Å². The van der Waals surface area contributed by atoms with E-state index in [0.717, 1.165) is 11.9 Å². The highest BCUT2D eigenvalue weighted by molar-refractivity contribution is 5.60. The first-order valence-electron chi connectivity index (χ1n) is 9.20. The maximum absolute atomic E-state index is 14.1. The third-order valence-electron chi connectivity index (χ3n) is 3.70. The molecular formula is C21H23FN4O3. The van der Waals surface area contributed by atoms with Crippen molar-refractivity contribution in [1.29, 1.82) is 0 Å². The van der Waals surface area contributed by atoms with Gasteiger partial charge in [-0.2, -0.15) is 4.98 Å². The van der Waals surface area contributed by atoms with E-state index in [1.54, 1.807) is 48.5 Å². The second kappa shape index (κ2) is 9.70. The molecule has 1 heterocycles. The fraction of sp³-hybridized carbons (Fsp3) is 0.238. The van der Waals surface area contributed by atoms with Crippen molar-refractivity contribution in [1.82, 2.24) is 9.97 Å². The Morgan fingerprint density at radius 3 is 2.21 bits per heavy atom. The van der Waals surface area contributed by atoms with Gasteiger partial charge in [-0.25, -0.2) is 9.37 Å². The lowest BCUT2D eigenvalue weighted by atomic mass is 10.3. The predicted octanol–water partition coefficient (Wildman–Crippen LogP) is 4.26. The fourth-order valence-corrected chi connectivity index (χ4v) is 2.47. The van der Waals surface area contributed by atoms with Gasteiger partial charge in [-0.3, -0.25) is 0 Å². The standard InChI is InChI=1S/C21H23FN4O3/c1-14(2)29-18-9-5-15(6-10-18)24-20-19(22)13-23-21(26-20)25-16-3-7-17(8-4-16)28-12-11-27/h3-10,13-14,27H,11-12H2,1-2H3,(H2,23,24,25,26). The molecule has 0 amide bonds. The van der Waals surface area contributed by atoms with Gasteiger partial charge in [-0.05, 0) is 62.4 Å². The fourth-order valence-electron chi connectivity index (χ4n) is 2.47. The molecule has 0 aliphatic rings. The van der Waals surface area contributed by atoms with E-state index in [4.69, 9.17) is 14.6 Å². The molecule has 0 unspecified atom stereocenters. The topological polar surface area (TPSA) is 88.5 Å². The first-order chi connectivity index (χ1) is 14.0. The van der Waals surface area contributed by atoms with E-state index < -0.39 is 5.82 Å². The lowest BCUT2D eigenvalue weighted by Gasteiger charge is -2.12. The molecular weight excluding hydrogens is 375 g/mol. The molecule has 3 rings (SSSR count). The van der Waals surface area contributed by atoms with Crippen molar-refractivity contribution in [3.05, 3.63) is 60.5 Å². The zero-order chi connectivity index (χ0) is 20.6. The maximum atomic E-state index is 14.1. The summed E-state index contributed by atoms with van der Waals surface area (Å²) < 4.78 is 25.1. The van der Waals surface area contributed by atoms with Gasteiger partial charge in [0.2, 0.25) is 5.95 Å². The van der Waals surface area contributed by atoms with Crippen LogP contribution in [0.1, 0.15) is 13.8 Å². The molecule has 0 atom stereocenters. The minimum absolute atomic E-state index is 0.0489. The van der Waals surface area contributed by atoms with E-state index in [0.29, 0.717) is 17.1 Å². The van der Waals surface area contributed by atoms with E-state index >= 15 is 0 Å². The van der Waals surface area contributed by atoms with E-state index in [9.17, 15) is 4.39 Å². The smallest absolute Gasteiger partial charge is 0.229 e. The van der Waals surface area contributed by atoms with Crippen LogP contribution in [0.25, 0.3) is 0 Å². The van der Waals surface area contributed by atoms with E-state index in [1.807, 2.05) is 13.8 Å². The number of anilines is 4. The van der Waals surface area contributed by atoms with Crippen molar-refractivity contribution in [3.8, 4) is 11.5 Å². The Hall–Kier alpha value is -3.39. The predicted molar refractivity (Wildman–Crippen MR) is 110 cm³/mol. The van der Waals surface area contributed by atoms with Gasteiger partial charge in [0.1, 0.15) is 18.1 Å². The number of benzene rings is 2. The van der Waals surface area contributed by atoms with Gasteiger partial charge < -0.3 is 25.2 Å². The molecule has 0 aliphatic carbocycles. The highest BCUT2D eigenvalue weighted by atomic mass is 19.1. The average Bonchev–Trinajstić information content (AvgIpc) is 2.71. The van der Waals surface area contributed by atoms with Crippen LogP contribution in [-0.4, -0.2) is 34.4 Å². The van der Waals surface area contributed by atoms with Crippen molar-refractivity contribution in [2.45, 2.75) is 20.0 Å². The summed E-state index contributed by atoms with van der Waals surface area (Å²) in [5, 5.41) is 14.7. The van der Waals surface area contributed by atoms with Gasteiger partial charge in [0.15, 0.2) is 11.6 Å². The van der Waals surface area contributed by atoms with Gasteiger partial charge >= 0.3 is 0 Å². The van der Waals surface area contributed by atoms with Crippen LogP contribution in [-0.2, 0) is 0 Å². The molecule has 0 saturated carbocycles. The second-order valence-electron chi connectivity index (χ2n) is 6.43. The molecule has 0 aliphatic heterocycles. The zero-order valence-corrected chi connectivity index (χ0v) is 16.2. The molecule has 3 N–H and O–H groups in total. The number of hydrogen-bond donors (Lipinski definition) is 3. The summed E-state index contributed by atoms with van der Waals surface area (Å²) >= 11 is 0. The number of hydrogen-bond acceptors (Lipinski definition) is 7. The second-order valence-corrected chi connectivity index (χ2v) is 6.43. The van der Waals surface area contributed by atoms with E-state index in [1.165, 1.54) is 0 Å². The normalized spacial score (nSPS) is 10.7. The van der Waals surface area contributed by atoms with Crippen LogP contribution in [0.4, 0.5) is 27.5 Å². The van der Waals surface area contributed by atoms with Crippen molar-refractivity contribution in [3.63, 3.8) is 0 Å². The molecule has 8 heteroatoms. The number of ether oxygens (including phenoxy) is 2.